The SMILES string of the molecule is CCCN(CC)c1ccc(N=Nc2sc3cc(OC)ccc3[n+]2C)cc1.[CH3-]. The number of aromatic nitrogens is 1. The molecule has 3 aromatic rings. The number of fused-ring (bicyclic) bond motifs is 1. The van der Waals surface area contributed by atoms with Crippen LogP contribution in [0.5, 0.6) is 5.75 Å². The third-order valence-corrected chi connectivity index (χ3v) is 5.44. The molecule has 0 radical (unpaired) electrons. The lowest BCUT2D eigenvalue weighted by atomic mass is 10.2. The Morgan fingerprint density at radius 2 is 1.81 bits per heavy atom. The molecule has 6 heteroatoms. The van der Waals surface area contributed by atoms with Crippen LogP contribution in [0.3, 0.4) is 0 Å². The van der Waals surface area contributed by atoms with Crippen molar-refractivity contribution < 1.29 is 9.30 Å². The zero-order valence-electron chi connectivity index (χ0n) is 16.8. The molecule has 1 aromatic heterocycles. The van der Waals surface area contributed by atoms with Gasteiger partial charge < -0.3 is 17.1 Å². The summed E-state index contributed by atoms with van der Waals surface area (Å²) in [6.07, 6.45) is 1.14. The molecule has 5 nitrogen and oxygen atoms in total. The zero-order valence-corrected chi connectivity index (χ0v) is 17.6. The first kappa shape index (κ1) is 20.8. The lowest BCUT2D eigenvalue weighted by molar-refractivity contribution is -0.627. The predicted molar refractivity (Wildman–Crippen MR) is 115 cm³/mol. The normalized spacial score (nSPS) is 11.0. The molecule has 144 valence electrons. The van der Waals surface area contributed by atoms with Crippen LogP contribution in [0.25, 0.3) is 10.2 Å². The molecule has 0 N–H and O–H groups in total. The maximum atomic E-state index is 5.30. The molecule has 0 aliphatic rings. The van der Waals surface area contributed by atoms with Gasteiger partial charge in [0.25, 0.3) is 0 Å². The summed E-state index contributed by atoms with van der Waals surface area (Å²) in [4.78, 5) is 2.36. The highest BCUT2D eigenvalue weighted by Gasteiger charge is 2.16. The number of nitrogens with zero attached hydrogens (tertiary/aromatic N) is 4. The first-order valence-corrected chi connectivity index (χ1v) is 9.71. The lowest BCUT2D eigenvalue weighted by Crippen LogP contribution is -2.25. The second-order valence-electron chi connectivity index (χ2n) is 6.07. The molecule has 0 fully saturated rings. The number of hydrogen-bond donors (Lipinski definition) is 0. The Morgan fingerprint density at radius 1 is 1.07 bits per heavy atom. The van der Waals surface area contributed by atoms with Gasteiger partial charge in [0.05, 0.1) is 24.0 Å². The molecule has 1 heterocycles. The van der Waals surface area contributed by atoms with Crippen LogP contribution in [-0.4, -0.2) is 20.2 Å². The molecular formula is C21H28N4OS. The van der Waals surface area contributed by atoms with E-state index in [0.717, 1.165) is 46.3 Å². The van der Waals surface area contributed by atoms with Crippen molar-refractivity contribution in [3.05, 3.63) is 49.9 Å². The van der Waals surface area contributed by atoms with E-state index in [0.29, 0.717) is 0 Å². The van der Waals surface area contributed by atoms with E-state index in [9.17, 15) is 0 Å². The van der Waals surface area contributed by atoms with Gasteiger partial charge in [0.15, 0.2) is 0 Å². The average molecular weight is 385 g/mol. The van der Waals surface area contributed by atoms with E-state index in [2.05, 4.69) is 45.7 Å². The highest BCUT2D eigenvalue weighted by atomic mass is 32.1. The predicted octanol–water partition coefficient (Wildman–Crippen LogP) is 5.84. The summed E-state index contributed by atoms with van der Waals surface area (Å²) in [6.45, 7) is 6.46. The van der Waals surface area contributed by atoms with Crippen LogP contribution < -0.4 is 14.2 Å². The van der Waals surface area contributed by atoms with Gasteiger partial charge in [-0.05, 0) is 66.2 Å². The number of aryl methyl sites for hydroxylation is 1. The first-order chi connectivity index (χ1) is 12.7. The van der Waals surface area contributed by atoms with Crippen LogP contribution in [0.4, 0.5) is 16.5 Å². The van der Waals surface area contributed by atoms with Crippen molar-refractivity contribution in [3.8, 4) is 5.75 Å². The number of rotatable bonds is 7. The Hall–Kier alpha value is -2.47. The molecule has 0 aliphatic heterocycles. The highest BCUT2D eigenvalue weighted by molar-refractivity contribution is 7.21. The van der Waals surface area contributed by atoms with E-state index in [-0.39, 0.29) is 7.43 Å². The molecule has 0 spiro atoms. The van der Waals surface area contributed by atoms with Gasteiger partial charge in [-0.3, -0.25) is 0 Å². The minimum absolute atomic E-state index is 0. The average Bonchev–Trinajstić information content (AvgIpc) is 3.00. The molecule has 0 aliphatic carbocycles. The van der Waals surface area contributed by atoms with Crippen molar-refractivity contribution in [2.24, 2.45) is 17.3 Å². The van der Waals surface area contributed by atoms with Gasteiger partial charge in [0.1, 0.15) is 17.0 Å². The number of anilines is 1. The number of azo groups is 1. The number of hydrogen-bond acceptors (Lipinski definition) is 5. The maximum Gasteiger partial charge on any atom is 0.409 e. The van der Waals surface area contributed by atoms with E-state index >= 15 is 0 Å². The Kier molecular flexibility index (Phi) is 7.30. The lowest BCUT2D eigenvalue weighted by Gasteiger charge is -2.22. The van der Waals surface area contributed by atoms with E-state index in [1.807, 2.05) is 37.4 Å². The smallest absolute Gasteiger partial charge is 0.409 e. The van der Waals surface area contributed by atoms with Gasteiger partial charge >= 0.3 is 5.13 Å². The number of methoxy groups -OCH3 is 1. The van der Waals surface area contributed by atoms with Crippen LogP contribution in [0.1, 0.15) is 20.3 Å². The van der Waals surface area contributed by atoms with Crippen molar-refractivity contribution in [2.45, 2.75) is 20.3 Å². The highest BCUT2D eigenvalue weighted by Crippen LogP contribution is 2.30. The number of ether oxygens (including phenoxy) is 1. The summed E-state index contributed by atoms with van der Waals surface area (Å²) < 4.78 is 8.48. The fourth-order valence-corrected chi connectivity index (χ4v) is 3.91. The van der Waals surface area contributed by atoms with Crippen molar-refractivity contribution >= 4 is 38.1 Å². The topological polar surface area (TPSA) is 41.1 Å². The van der Waals surface area contributed by atoms with Gasteiger partial charge in [-0.2, -0.15) is 0 Å². The summed E-state index contributed by atoms with van der Waals surface area (Å²) in [7, 11) is 3.69. The molecule has 27 heavy (non-hydrogen) atoms. The molecule has 2 aromatic carbocycles. The Morgan fingerprint density at radius 3 is 2.44 bits per heavy atom. The number of benzene rings is 2. The Bertz CT molecular complexity index is 902. The minimum atomic E-state index is 0. The second-order valence-corrected chi connectivity index (χ2v) is 7.08. The fourth-order valence-electron chi connectivity index (χ4n) is 2.91. The quantitative estimate of drug-likeness (QED) is 0.292. The van der Waals surface area contributed by atoms with E-state index in [4.69, 9.17) is 4.74 Å². The summed E-state index contributed by atoms with van der Waals surface area (Å²) in [6, 6.07) is 14.3. The summed E-state index contributed by atoms with van der Waals surface area (Å²) in [5.41, 5.74) is 3.21. The van der Waals surface area contributed by atoms with Crippen LogP contribution in [0, 0.1) is 7.43 Å². The second kappa shape index (κ2) is 9.46. The Labute approximate surface area is 165 Å². The van der Waals surface area contributed by atoms with Crippen molar-refractivity contribution in [3.63, 3.8) is 0 Å². The summed E-state index contributed by atoms with van der Waals surface area (Å²) >= 11 is 1.61. The Balaban J connectivity index is 0.00000261. The standard InChI is InChI=1S/C20H25N4OS.CH3/c1-5-13-24(6-2)16-9-7-15(8-10-16)21-22-20-23(3)18-12-11-17(25-4)14-19(18)26-20;/h7-12,14H,5-6,13H2,1-4H3;1H3/q+1;-1. The van der Waals surface area contributed by atoms with Gasteiger partial charge in [0.2, 0.25) is 0 Å². The van der Waals surface area contributed by atoms with Gasteiger partial charge in [0, 0.05) is 24.8 Å². The third kappa shape index (κ3) is 4.63. The van der Waals surface area contributed by atoms with Crippen molar-refractivity contribution in [2.75, 3.05) is 25.1 Å². The molecule has 0 saturated heterocycles. The van der Waals surface area contributed by atoms with Crippen molar-refractivity contribution in [1.29, 1.82) is 0 Å². The summed E-state index contributed by atoms with van der Waals surface area (Å²) in [5, 5.41) is 9.72. The molecule has 0 atom stereocenters. The van der Waals surface area contributed by atoms with Crippen LogP contribution in [-0.2, 0) is 7.05 Å². The fraction of sp³-hybridized carbons (Fsp3) is 0.333. The van der Waals surface area contributed by atoms with E-state index in [1.165, 1.54) is 5.69 Å². The first-order valence-electron chi connectivity index (χ1n) is 8.89. The molecule has 3 rings (SSSR count). The van der Waals surface area contributed by atoms with Gasteiger partial charge in [-0.25, -0.2) is 4.57 Å². The van der Waals surface area contributed by atoms with Crippen molar-refractivity contribution in [1.82, 2.24) is 0 Å². The zero-order chi connectivity index (χ0) is 18.5. The van der Waals surface area contributed by atoms with Gasteiger partial charge in [-0.1, -0.05) is 6.92 Å². The summed E-state index contributed by atoms with van der Waals surface area (Å²) in [5.74, 6) is 0.853. The maximum absolute atomic E-state index is 5.30. The van der Waals surface area contributed by atoms with Crippen LogP contribution >= 0.6 is 11.3 Å². The molecule has 0 unspecified atom stereocenters. The van der Waals surface area contributed by atoms with E-state index < -0.39 is 0 Å². The molecule has 0 amide bonds. The minimum Gasteiger partial charge on any atom is -0.497 e. The number of thiazole rings is 1. The monoisotopic (exact) mass is 384 g/mol. The third-order valence-electron chi connectivity index (χ3n) is 4.36. The van der Waals surface area contributed by atoms with Crippen LogP contribution in [0.2, 0.25) is 0 Å². The van der Waals surface area contributed by atoms with Crippen LogP contribution in [0.15, 0.2) is 52.7 Å². The largest absolute Gasteiger partial charge is 0.497 e. The molecule has 0 saturated carbocycles. The molecular weight excluding hydrogens is 356 g/mol. The van der Waals surface area contributed by atoms with Gasteiger partial charge in [-0.15, -0.1) is 0 Å². The molecule has 0 bridgehead atoms. The van der Waals surface area contributed by atoms with E-state index in [1.54, 1.807) is 18.4 Å².